The van der Waals surface area contributed by atoms with Crippen molar-refractivity contribution in [1.82, 2.24) is 15.5 Å². The van der Waals surface area contributed by atoms with Gasteiger partial charge in [-0.1, -0.05) is 0 Å². The van der Waals surface area contributed by atoms with E-state index in [9.17, 15) is 9.59 Å². The molecule has 0 bridgehead atoms. The zero-order valence-corrected chi connectivity index (χ0v) is 10.5. The first kappa shape index (κ1) is 13.9. The SMILES string of the molecule is CCOC(=O)NC(=O)CN(C)C1CCCNC1. The second kappa shape index (κ2) is 7.24. The highest BCUT2D eigenvalue weighted by atomic mass is 16.5. The summed E-state index contributed by atoms with van der Waals surface area (Å²) in [6, 6.07) is 0.358. The number of hydrogen-bond donors (Lipinski definition) is 2. The lowest BCUT2D eigenvalue weighted by molar-refractivity contribution is -0.121. The van der Waals surface area contributed by atoms with Gasteiger partial charge in [-0.15, -0.1) is 0 Å². The van der Waals surface area contributed by atoms with Gasteiger partial charge in [-0.25, -0.2) is 4.79 Å². The standard InChI is InChI=1S/C11H21N3O3/c1-3-17-11(16)13-10(15)8-14(2)9-5-4-6-12-7-9/h9,12H,3-8H2,1-2H3,(H,13,15,16). The van der Waals surface area contributed by atoms with Gasteiger partial charge in [0.2, 0.25) is 5.91 Å². The summed E-state index contributed by atoms with van der Waals surface area (Å²) in [5.74, 6) is -0.323. The predicted octanol–water partition coefficient (Wildman–Crippen LogP) is -0.0571. The van der Waals surface area contributed by atoms with Gasteiger partial charge in [0.15, 0.2) is 0 Å². The van der Waals surface area contributed by atoms with E-state index in [0.29, 0.717) is 6.04 Å². The Kier molecular flexibility index (Phi) is 5.93. The van der Waals surface area contributed by atoms with Crippen LogP contribution in [0.1, 0.15) is 19.8 Å². The number of ether oxygens (including phenoxy) is 1. The molecule has 1 heterocycles. The number of amides is 2. The van der Waals surface area contributed by atoms with Gasteiger partial charge in [0.1, 0.15) is 0 Å². The molecule has 2 amide bonds. The number of alkyl carbamates (subject to hydrolysis) is 1. The highest BCUT2D eigenvalue weighted by molar-refractivity contribution is 5.92. The van der Waals surface area contributed by atoms with E-state index in [0.717, 1.165) is 25.9 Å². The van der Waals surface area contributed by atoms with Crippen LogP contribution in [0.5, 0.6) is 0 Å². The van der Waals surface area contributed by atoms with E-state index in [1.807, 2.05) is 11.9 Å². The molecule has 6 nitrogen and oxygen atoms in total. The lowest BCUT2D eigenvalue weighted by atomic mass is 10.1. The van der Waals surface area contributed by atoms with E-state index in [4.69, 9.17) is 0 Å². The molecule has 1 saturated heterocycles. The zero-order valence-electron chi connectivity index (χ0n) is 10.5. The lowest BCUT2D eigenvalue weighted by Gasteiger charge is -2.30. The monoisotopic (exact) mass is 243 g/mol. The molecule has 0 aromatic carbocycles. The van der Waals surface area contributed by atoms with E-state index in [1.165, 1.54) is 0 Å². The highest BCUT2D eigenvalue weighted by Gasteiger charge is 2.20. The molecule has 0 saturated carbocycles. The number of hydrogen-bond acceptors (Lipinski definition) is 5. The van der Waals surface area contributed by atoms with Gasteiger partial charge in [0.25, 0.3) is 0 Å². The molecule has 0 spiro atoms. The first-order valence-corrected chi connectivity index (χ1v) is 6.01. The summed E-state index contributed by atoms with van der Waals surface area (Å²) >= 11 is 0. The summed E-state index contributed by atoms with van der Waals surface area (Å²) in [7, 11) is 1.89. The Morgan fingerprint density at radius 2 is 2.29 bits per heavy atom. The Morgan fingerprint density at radius 1 is 1.53 bits per heavy atom. The summed E-state index contributed by atoms with van der Waals surface area (Å²) in [6.07, 6.45) is 1.53. The number of imide groups is 1. The van der Waals surface area contributed by atoms with Crippen molar-refractivity contribution >= 4 is 12.0 Å². The Labute approximate surface area is 102 Å². The van der Waals surface area contributed by atoms with Crippen molar-refractivity contribution in [3.63, 3.8) is 0 Å². The third-order valence-electron chi connectivity index (χ3n) is 2.80. The Morgan fingerprint density at radius 3 is 2.88 bits per heavy atom. The second-order valence-electron chi connectivity index (χ2n) is 4.18. The minimum atomic E-state index is -0.673. The maximum atomic E-state index is 11.5. The third kappa shape index (κ3) is 5.14. The van der Waals surface area contributed by atoms with Gasteiger partial charge in [0, 0.05) is 12.6 Å². The number of piperidine rings is 1. The van der Waals surface area contributed by atoms with Crippen LogP contribution in [-0.2, 0) is 9.53 Å². The van der Waals surface area contributed by atoms with Gasteiger partial charge in [-0.05, 0) is 33.4 Å². The fraction of sp³-hybridized carbons (Fsp3) is 0.818. The average Bonchev–Trinajstić information content (AvgIpc) is 2.30. The van der Waals surface area contributed by atoms with Crippen LogP contribution in [0.2, 0.25) is 0 Å². The van der Waals surface area contributed by atoms with Crippen molar-refractivity contribution in [2.24, 2.45) is 0 Å². The summed E-state index contributed by atoms with van der Waals surface area (Å²) in [4.78, 5) is 24.5. The fourth-order valence-corrected chi connectivity index (χ4v) is 1.89. The zero-order chi connectivity index (χ0) is 12.7. The summed E-state index contributed by atoms with van der Waals surface area (Å²) in [5, 5.41) is 5.47. The van der Waals surface area contributed by atoms with Crippen molar-refractivity contribution in [3.05, 3.63) is 0 Å². The lowest BCUT2D eigenvalue weighted by Crippen LogP contribution is -2.48. The summed E-state index contributed by atoms with van der Waals surface area (Å²) in [6.45, 7) is 4.11. The van der Waals surface area contributed by atoms with E-state index in [1.54, 1.807) is 6.92 Å². The Balaban J connectivity index is 2.26. The molecule has 6 heteroatoms. The molecule has 1 unspecified atom stereocenters. The van der Waals surface area contributed by atoms with Crippen molar-refractivity contribution in [2.75, 3.05) is 33.3 Å². The van der Waals surface area contributed by atoms with Crippen LogP contribution in [0.3, 0.4) is 0 Å². The van der Waals surface area contributed by atoms with Crippen LogP contribution in [-0.4, -0.2) is 56.2 Å². The molecule has 1 fully saturated rings. The van der Waals surface area contributed by atoms with Crippen LogP contribution >= 0.6 is 0 Å². The van der Waals surface area contributed by atoms with Gasteiger partial charge in [0.05, 0.1) is 13.2 Å². The van der Waals surface area contributed by atoms with E-state index in [-0.39, 0.29) is 19.1 Å². The minimum absolute atomic E-state index is 0.213. The number of rotatable bonds is 4. The molecule has 1 rings (SSSR count). The van der Waals surface area contributed by atoms with Gasteiger partial charge >= 0.3 is 6.09 Å². The van der Waals surface area contributed by atoms with E-state index >= 15 is 0 Å². The number of likely N-dealkylation sites (N-methyl/N-ethyl adjacent to an activating group) is 1. The summed E-state index contributed by atoms with van der Waals surface area (Å²) in [5.41, 5.74) is 0. The average molecular weight is 243 g/mol. The molecule has 17 heavy (non-hydrogen) atoms. The fourth-order valence-electron chi connectivity index (χ4n) is 1.89. The molecule has 1 aliphatic rings. The molecular weight excluding hydrogens is 222 g/mol. The molecule has 2 N–H and O–H groups in total. The van der Waals surface area contributed by atoms with E-state index in [2.05, 4.69) is 15.4 Å². The molecule has 1 aliphatic heterocycles. The predicted molar refractivity (Wildman–Crippen MR) is 63.7 cm³/mol. The number of nitrogens with zero attached hydrogens (tertiary/aromatic N) is 1. The maximum absolute atomic E-state index is 11.5. The van der Waals surface area contributed by atoms with E-state index < -0.39 is 6.09 Å². The van der Waals surface area contributed by atoms with Crippen molar-refractivity contribution in [1.29, 1.82) is 0 Å². The number of carbonyl (C=O) groups excluding carboxylic acids is 2. The highest BCUT2D eigenvalue weighted by Crippen LogP contribution is 2.07. The van der Waals surface area contributed by atoms with Crippen LogP contribution in [0.15, 0.2) is 0 Å². The van der Waals surface area contributed by atoms with Crippen LogP contribution in [0, 0.1) is 0 Å². The van der Waals surface area contributed by atoms with Crippen molar-refractivity contribution in [3.8, 4) is 0 Å². The molecule has 0 aromatic rings. The molecule has 0 radical (unpaired) electrons. The topological polar surface area (TPSA) is 70.7 Å². The molecule has 1 atom stereocenters. The molecule has 98 valence electrons. The van der Waals surface area contributed by atoms with Crippen LogP contribution in [0.25, 0.3) is 0 Å². The first-order valence-electron chi connectivity index (χ1n) is 6.01. The quantitative estimate of drug-likeness (QED) is 0.724. The first-order chi connectivity index (χ1) is 8.13. The third-order valence-corrected chi connectivity index (χ3v) is 2.80. The Bertz CT molecular complexity index is 265. The normalized spacial score (nSPS) is 20.1. The minimum Gasteiger partial charge on any atom is -0.450 e. The van der Waals surface area contributed by atoms with Crippen molar-refractivity contribution in [2.45, 2.75) is 25.8 Å². The van der Waals surface area contributed by atoms with Crippen LogP contribution in [0.4, 0.5) is 4.79 Å². The molecule has 0 aromatic heterocycles. The number of nitrogens with one attached hydrogen (secondary N) is 2. The largest absolute Gasteiger partial charge is 0.450 e. The second-order valence-corrected chi connectivity index (χ2v) is 4.18. The number of carbonyl (C=O) groups is 2. The summed E-state index contributed by atoms with van der Waals surface area (Å²) < 4.78 is 4.64. The van der Waals surface area contributed by atoms with Gasteiger partial charge in [-0.2, -0.15) is 0 Å². The van der Waals surface area contributed by atoms with Gasteiger partial charge in [-0.3, -0.25) is 15.0 Å². The Hall–Kier alpha value is -1.14. The molecule has 0 aliphatic carbocycles. The van der Waals surface area contributed by atoms with Crippen molar-refractivity contribution < 1.29 is 14.3 Å². The van der Waals surface area contributed by atoms with Gasteiger partial charge < -0.3 is 10.1 Å². The van der Waals surface area contributed by atoms with Crippen LogP contribution < -0.4 is 10.6 Å². The maximum Gasteiger partial charge on any atom is 0.413 e. The molecular formula is C11H21N3O3. The smallest absolute Gasteiger partial charge is 0.413 e.